The van der Waals surface area contributed by atoms with E-state index >= 15 is 0 Å². The van der Waals surface area contributed by atoms with Crippen LogP contribution in [0.3, 0.4) is 0 Å². The monoisotopic (exact) mass is 311 g/mol. The van der Waals surface area contributed by atoms with Gasteiger partial charge in [-0.05, 0) is 47.1 Å². The average molecular weight is 312 g/mol. The van der Waals surface area contributed by atoms with Crippen molar-refractivity contribution in [1.82, 2.24) is 9.78 Å². The van der Waals surface area contributed by atoms with E-state index in [0.717, 1.165) is 5.69 Å². The van der Waals surface area contributed by atoms with E-state index in [1.807, 2.05) is 0 Å². The largest absolute Gasteiger partial charge is 0.320 e. The van der Waals surface area contributed by atoms with Crippen molar-refractivity contribution in [3.05, 3.63) is 45.9 Å². The number of aryl methyl sites for hydroxylation is 2. The van der Waals surface area contributed by atoms with E-state index in [1.54, 1.807) is 26.1 Å². The summed E-state index contributed by atoms with van der Waals surface area (Å²) in [5.41, 5.74) is 1.56. The molecule has 1 aromatic carbocycles. The molecule has 18 heavy (non-hydrogen) atoms. The quantitative estimate of drug-likeness (QED) is 0.927. The number of carbonyl (C=O) groups excluding carboxylic acids is 1. The standard InChI is InChI=1S/C12H11BrFN3O/c1-7-5-11(17(2)16-7)12(18)15-10-6-8(14)3-4-9(10)13/h3-6H,1-2H3,(H,15,18). The van der Waals surface area contributed by atoms with Crippen molar-refractivity contribution >= 4 is 27.5 Å². The van der Waals surface area contributed by atoms with Crippen molar-refractivity contribution in [2.45, 2.75) is 6.92 Å². The lowest BCUT2D eigenvalue weighted by molar-refractivity contribution is 0.101. The van der Waals surface area contributed by atoms with Crippen LogP contribution >= 0.6 is 15.9 Å². The number of benzene rings is 1. The fourth-order valence-corrected chi connectivity index (χ4v) is 1.95. The summed E-state index contributed by atoms with van der Waals surface area (Å²) in [7, 11) is 1.68. The Morgan fingerprint density at radius 1 is 1.44 bits per heavy atom. The summed E-state index contributed by atoms with van der Waals surface area (Å²) < 4.78 is 15.2. The minimum atomic E-state index is -0.408. The number of nitrogens with zero attached hydrogens (tertiary/aromatic N) is 2. The summed E-state index contributed by atoms with van der Waals surface area (Å²) >= 11 is 3.25. The summed E-state index contributed by atoms with van der Waals surface area (Å²) in [4.78, 5) is 12.0. The van der Waals surface area contributed by atoms with E-state index in [2.05, 4.69) is 26.3 Å². The van der Waals surface area contributed by atoms with Gasteiger partial charge in [-0.15, -0.1) is 0 Å². The van der Waals surface area contributed by atoms with Crippen molar-refractivity contribution < 1.29 is 9.18 Å². The second kappa shape index (κ2) is 4.89. The molecule has 0 unspecified atom stereocenters. The highest BCUT2D eigenvalue weighted by molar-refractivity contribution is 9.10. The Morgan fingerprint density at radius 3 is 2.78 bits per heavy atom. The normalized spacial score (nSPS) is 10.4. The maximum absolute atomic E-state index is 13.1. The fourth-order valence-electron chi connectivity index (χ4n) is 1.60. The molecule has 1 aromatic heterocycles. The summed E-state index contributed by atoms with van der Waals surface area (Å²) in [6.07, 6.45) is 0. The molecular formula is C12H11BrFN3O. The number of hydrogen-bond acceptors (Lipinski definition) is 2. The van der Waals surface area contributed by atoms with E-state index in [4.69, 9.17) is 0 Å². The summed E-state index contributed by atoms with van der Waals surface area (Å²) in [5, 5.41) is 6.72. The van der Waals surface area contributed by atoms with Crippen LogP contribution in [0.25, 0.3) is 0 Å². The van der Waals surface area contributed by atoms with Gasteiger partial charge in [-0.25, -0.2) is 4.39 Å². The Labute approximate surface area is 112 Å². The fraction of sp³-hybridized carbons (Fsp3) is 0.167. The van der Waals surface area contributed by atoms with Crippen LogP contribution in [0, 0.1) is 12.7 Å². The molecule has 0 bridgehead atoms. The molecule has 2 rings (SSSR count). The SMILES string of the molecule is Cc1cc(C(=O)Nc2cc(F)ccc2Br)n(C)n1. The molecule has 2 aromatic rings. The number of nitrogens with one attached hydrogen (secondary N) is 1. The lowest BCUT2D eigenvalue weighted by atomic mass is 10.3. The molecule has 94 valence electrons. The predicted octanol–water partition coefficient (Wildman–Crippen LogP) is 2.88. The first-order valence-corrected chi connectivity index (χ1v) is 6.03. The molecule has 1 heterocycles. The Hall–Kier alpha value is -1.69. The first-order chi connectivity index (χ1) is 8.47. The van der Waals surface area contributed by atoms with Gasteiger partial charge >= 0.3 is 0 Å². The zero-order valence-corrected chi connectivity index (χ0v) is 11.5. The number of hydrogen-bond donors (Lipinski definition) is 1. The highest BCUT2D eigenvalue weighted by atomic mass is 79.9. The predicted molar refractivity (Wildman–Crippen MR) is 70.0 cm³/mol. The first kappa shape index (κ1) is 12.8. The van der Waals surface area contributed by atoms with Crippen LogP contribution in [0.15, 0.2) is 28.7 Å². The van der Waals surface area contributed by atoms with Crippen molar-refractivity contribution in [2.75, 3.05) is 5.32 Å². The molecule has 0 aliphatic heterocycles. The van der Waals surface area contributed by atoms with E-state index in [1.165, 1.54) is 16.8 Å². The molecule has 0 saturated heterocycles. The average Bonchev–Trinajstić information content (AvgIpc) is 2.63. The van der Waals surface area contributed by atoms with Gasteiger partial charge in [0.05, 0.1) is 11.4 Å². The van der Waals surface area contributed by atoms with Gasteiger partial charge in [0.1, 0.15) is 11.5 Å². The highest BCUT2D eigenvalue weighted by Crippen LogP contribution is 2.23. The zero-order chi connectivity index (χ0) is 13.3. The van der Waals surface area contributed by atoms with Gasteiger partial charge in [0.25, 0.3) is 5.91 Å². The third-order valence-corrected chi connectivity index (χ3v) is 3.10. The van der Waals surface area contributed by atoms with Crippen molar-refractivity contribution in [2.24, 2.45) is 7.05 Å². The molecule has 0 radical (unpaired) electrons. The van der Waals surface area contributed by atoms with Gasteiger partial charge in [0, 0.05) is 11.5 Å². The summed E-state index contributed by atoms with van der Waals surface area (Å²) in [6, 6.07) is 5.78. The topological polar surface area (TPSA) is 46.9 Å². The number of rotatable bonds is 2. The van der Waals surface area contributed by atoms with Crippen LogP contribution in [0.5, 0.6) is 0 Å². The lowest BCUT2D eigenvalue weighted by Gasteiger charge is -2.07. The van der Waals surface area contributed by atoms with Crippen LogP contribution in [0.2, 0.25) is 0 Å². The number of carbonyl (C=O) groups is 1. The number of halogens is 2. The first-order valence-electron chi connectivity index (χ1n) is 5.24. The molecule has 1 N–H and O–H groups in total. The molecule has 0 atom stereocenters. The van der Waals surface area contributed by atoms with Crippen molar-refractivity contribution in [1.29, 1.82) is 0 Å². The third kappa shape index (κ3) is 2.59. The van der Waals surface area contributed by atoms with Gasteiger partial charge in [0.15, 0.2) is 0 Å². The second-order valence-corrected chi connectivity index (χ2v) is 4.73. The zero-order valence-electron chi connectivity index (χ0n) is 9.87. The summed E-state index contributed by atoms with van der Waals surface area (Å²) in [6.45, 7) is 1.80. The lowest BCUT2D eigenvalue weighted by Crippen LogP contribution is -2.16. The van der Waals surface area contributed by atoms with Crippen LogP contribution in [-0.2, 0) is 7.05 Å². The van der Waals surface area contributed by atoms with Gasteiger partial charge in [0.2, 0.25) is 0 Å². The van der Waals surface area contributed by atoms with E-state index in [9.17, 15) is 9.18 Å². The Bertz CT molecular complexity index is 609. The number of aromatic nitrogens is 2. The Morgan fingerprint density at radius 2 is 2.17 bits per heavy atom. The van der Waals surface area contributed by atoms with Crippen LogP contribution in [0.1, 0.15) is 16.2 Å². The maximum Gasteiger partial charge on any atom is 0.273 e. The summed E-state index contributed by atoms with van der Waals surface area (Å²) in [5.74, 6) is -0.737. The molecule has 0 aliphatic carbocycles. The molecule has 4 nitrogen and oxygen atoms in total. The van der Waals surface area contributed by atoms with Crippen LogP contribution < -0.4 is 5.32 Å². The Balaban J connectivity index is 2.26. The van der Waals surface area contributed by atoms with Crippen molar-refractivity contribution in [3.8, 4) is 0 Å². The van der Waals surface area contributed by atoms with E-state index in [-0.39, 0.29) is 5.91 Å². The minimum absolute atomic E-state index is 0.329. The van der Waals surface area contributed by atoms with E-state index in [0.29, 0.717) is 15.9 Å². The number of amides is 1. The molecule has 0 spiro atoms. The second-order valence-electron chi connectivity index (χ2n) is 3.87. The molecule has 0 aliphatic rings. The Kier molecular flexibility index (Phi) is 3.47. The highest BCUT2D eigenvalue weighted by Gasteiger charge is 2.13. The van der Waals surface area contributed by atoms with Crippen molar-refractivity contribution in [3.63, 3.8) is 0 Å². The molecule has 1 amide bonds. The third-order valence-electron chi connectivity index (χ3n) is 2.41. The van der Waals surface area contributed by atoms with Gasteiger partial charge in [-0.2, -0.15) is 5.10 Å². The van der Waals surface area contributed by atoms with Gasteiger partial charge in [-0.1, -0.05) is 0 Å². The minimum Gasteiger partial charge on any atom is -0.320 e. The van der Waals surface area contributed by atoms with Crippen LogP contribution in [-0.4, -0.2) is 15.7 Å². The molecular weight excluding hydrogens is 301 g/mol. The number of anilines is 1. The smallest absolute Gasteiger partial charge is 0.273 e. The molecule has 0 saturated carbocycles. The molecule has 6 heteroatoms. The maximum atomic E-state index is 13.1. The van der Waals surface area contributed by atoms with Gasteiger partial charge in [-0.3, -0.25) is 9.48 Å². The van der Waals surface area contributed by atoms with Gasteiger partial charge < -0.3 is 5.32 Å². The van der Waals surface area contributed by atoms with Crippen LogP contribution in [0.4, 0.5) is 10.1 Å². The van der Waals surface area contributed by atoms with E-state index < -0.39 is 5.82 Å². The molecule has 0 fully saturated rings.